The van der Waals surface area contributed by atoms with Gasteiger partial charge in [-0.05, 0) is 25.5 Å². The maximum atomic E-state index is 11.7. The molecule has 0 aromatic heterocycles. The van der Waals surface area contributed by atoms with Crippen LogP contribution in [-0.4, -0.2) is 23.2 Å². The highest BCUT2D eigenvalue weighted by molar-refractivity contribution is 9.10. The second-order valence-electron chi connectivity index (χ2n) is 4.71. The number of hydrogen-bond donors (Lipinski definition) is 2. The molecule has 2 N–H and O–H groups in total. The number of amides is 2. The molecule has 1 aromatic rings. The minimum atomic E-state index is -0.173. The predicted octanol–water partition coefficient (Wildman–Crippen LogP) is 3.00. The van der Waals surface area contributed by atoms with Crippen molar-refractivity contribution in [1.82, 2.24) is 5.32 Å². The first-order valence-corrected chi connectivity index (χ1v) is 7.72. The first-order valence-electron chi connectivity index (χ1n) is 6.81. The topological polar surface area (TPSA) is 58.2 Å². The smallest absolute Gasteiger partial charge is 0.233 e. The molecule has 0 bridgehead atoms. The molecule has 5 heteroatoms. The number of carbonyl (C=O) groups is 2. The van der Waals surface area contributed by atoms with Crippen LogP contribution in [0.25, 0.3) is 0 Å². The van der Waals surface area contributed by atoms with Gasteiger partial charge >= 0.3 is 0 Å². The SMILES string of the molecule is CCCC(Br)C(=O)NCCC(=O)Nc1ccc(C)cc1. The Labute approximate surface area is 128 Å². The van der Waals surface area contributed by atoms with Crippen LogP contribution in [0.3, 0.4) is 0 Å². The van der Waals surface area contributed by atoms with Gasteiger partial charge in [-0.2, -0.15) is 0 Å². The van der Waals surface area contributed by atoms with Gasteiger partial charge in [-0.25, -0.2) is 0 Å². The molecule has 0 aliphatic heterocycles. The summed E-state index contributed by atoms with van der Waals surface area (Å²) in [5.74, 6) is -0.161. The summed E-state index contributed by atoms with van der Waals surface area (Å²) in [7, 11) is 0. The van der Waals surface area contributed by atoms with Crippen molar-refractivity contribution >= 4 is 33.4 Å². The number of anilines is 1. The van der Waals surface area contributed by atoms with Crippen molar-refractivity contribution in [1.29, 1.82) is 0 Å². The molecule has 0 spiro atoms. The van der Waals surface area contributed by atoms with E-state index >= 15 is 0 Å². The highest BCUT2D eigenvalue weighted by atomic mass is 79.9. The summed E-state index contributed by atoms with van der Waals surface area (Å²) < 4.78 is 0. The Bertz CT molecular complexity index is 446. The molecule has 0 saturated heterocycles. The number of hydrogen-bond acceptors (Lipinski definition) is 2. The van der Waals surface area contributed by atoms with Crippen molar-refractivity contribution in [3.63, 3.8) is 0 Å². The van der Waals surface area contributed by atoms with Gasteiger partial charge in [0.05, 0.1) is 4.83 Å². The maximum Gasteiger partial charge on any atom is 0.233 e. The molecule has 0 radical (unpaired) electrons. The monoisotopic (exact) mass is 340 g/mol. The molecule has 1 atom stereocenters. The third-order valence-electron chi connectivity index (χ3n) is 2.81. The zero-order valence-electron chi connectivity index (χ0n) is 11.9. The fourth-order valence-corrected chi connectivity index (χ4v) is 2.27. The summed E-state index contributed by atoms with van der Waals surface area (Å²) in [4.78, 5) is 23.1. The average Bonchev–Trinajstić information content (AvgIpc) is 2.41. The number of rotatable bonds is 7. The highest BCUT2D eigenvalue weighted by Crippen LogP contribution is 2.09. The minimum Gasteiger partial charge on any atom is -0.355 e. The molecule has 0 aliphatic carbocycles. The van der Waals surface area contributed by atoms with Gasteiger partial charge in [-0.3, -0.25) is 9.59 Å². The quantitative estimate of drug-likeness (QED) is 0.749. The lowest BCUT2D eigenvalue weighted by atomic mass is 10.2. The molecule has 4 nitrogen and oxygen atoms in total. The molecule has 0 heterocycles. The highest BCUT2D eigenvalue weighted by Gasteiger charge is 2.13. The Hall–Kier alpha value is -1.36. The van der Waals surface area contributed by atoms with E-state index in [4.69, 9.17) is 0 Å². The van der Waals surface area contributed by atoms with Gasteiger partial charge in [0.1, 0.15) is 0 Å². The number of halogens is 1. The summed E-state index contributed by atoms with van der Waals surface area (Å²) in [5, 5.41) is 5.54. The summed E-state index contributed by atoms with van der Waals surface area (Å²) in [6.07, 6.45) is 2.00. The fraction of sp³-hybridized carbons (Fsp3) is 0.467. The number of benzene rings is 1. The second-order valence-corrected chi connectivity index (χ2v) is 5.82. The molecular weight excluding hydrogens is 320 g/mol. The van der Waals surface area contributed by atoms with Gasteiger partial charge in [0.2, 0.25) is 11.8 Å². The fourth-order valence-electron chi connectivity index (χ4n) is 1.65. The van der Waals surface area contributed by atoms with Crippen LogP contribution in [0.15, 0.2) is 24.3 Å². The van der Waals surface area contributed by atoms with Gasteiger partial charge in [0.15, 0.2) is 0 Å². The second kappa shape index (κ2) is 8.74. The van der Waals surface area contributed by atoms with Gasteiger partial charge in [0, 0.05) is 18.7 Å². The van der Waals surface area contributed by atoms with E-state index < -0.39 is 0 Å². The van der Waals surface area contributed by atoms with E-state index in [0.717, 1.165) is 24.1 Å². The number of nitrogens with one attached hydrogen (secondary N) is 2. The summed E-state index contributed by atoms with van der Waals surface area (Å²) in [6.45, 7) is 4.37. The third kappa shape index (κ3) is 6.19. The van der Waals surface area contributed by atoms with E-state index in [1.54, 1.807) is 0 Å². The Morgan fingerprint density at radius 3 is 2.50 bits per heavy atom. The van der Waals surface area contributed by atoms with Gasteiger partial charge < -0.3 is 10.6 Å². The van der Waals surface area contributed by atoms with Gasteiger partial charge in [-0.1, -0.05) is 47.0 Å². The zero-order valence-corrected chi connectivity index (χ0v) is 13.5. The van der Waals surface area contributed by atoms with Crippen LogP contribution in [0.4, 0.5) is 5.69 Å². The lowest BCUT2D eigenvalue weighted by Crippen LogP contribution is -2.33. The van der Waals surface area contributed by atoms with Crippen molar-refractivity contribution in [2.24, 2.45) is 0 Å². The Morgan fingerprint density at radius 2 is 1.90 bits per heavy atom. The maximum absolute atomic E-state index is 11.7. The molecule has 110 valence electrons. The van der Waals surface area contributed by atoms with Crippen LogP contribution in [0, 0.1) is 6.92 Å². The number of carbonyl (C=O) groups excluding carboxylic acids is 2. The van der Waals surface area contributed by atoms with Crippen LogP contribution in [0.5, 0.6) is 0 Å². The van der Waals surface area contributed by atoms with E-state index in [-0.39, 0.29) is 23.1 Å². The van der Waals surface area contributed by atoms with Crippen molar-refractivity contribution in [2.75, 3.05) is 11.9 Å². The predicted molar refractivity (Wildman–Crippen MR) is 85.1 cm³/mol. The zero-order chi connectivity index (χ0) is 15.0. The van der Waals surface area contributed by atoms with Crippen LogP contribution >= 0.6 is 15.9 Å². The molecule has 1 unspecified atom stereocenters. The normalized spacial score (nSPS) is 11.8. The molecule has 1 rings (SSSR count). The van der Waals surface area contributed by atoms with E-state index in [9.17, 15) is 9.59 Å². The lowest BCUT2D eigenvalue weighted by molar-refractivity contribution is -0.120. The number of aryl methyl sites for hydroxylation is 1. The van der Waals surface area contributed by atoms with Gasteiger partial charge in [-0.15, -0.1) is 0 Å². The minimum absolute atomic E-state index is 0.0602. The van der Waals surface area contributed by atoms with Crippen LogP contribution in [0.2, 0.25) is 0 Å². The Balaban J connectivity index is 2.26. The van der Waals surface area contributed by atoms with Crippen molar-refractivity contribution in [3.05, 3.63) is 29.8 Å². The Kier molecular flexibility index (Phi) is 7.30. The summed E-state index contributed by atoms with van der Waals surface area (Å²) in [6, 6.07) is 7.61. The molecule has 1 aromatic carbocycles. The lowest BCUT2D eigenvalue weighted by Gasteiger charge is -2.10. The average molecular weight is 341 g/mol. The van der Waals surface area contributed by atoms with E-state index in [0.29, 0.717) is 6.54 Å². The van der Waals surface area contributed by atoms with Crippen LogP contribution in [-0.2, 0) is 9.59 Å². The van der Waals surface area contributed by atoms with Gasteiger partial charge in [0.25, 0.3) is 0 Å². The molecule has 20 heavy (non-hydrogen) atoms. The standard InChI is InChI=1S/C15H21BrN2O2/c1-3-4-13(16)15(20)17-10-9-14(19)18-12-7-5-11(2)6-8-12/h5-8,13H,3-4,9-10H2,1-2H3,(H,17,20)(H,18,19). The molecular formula is C15H21BrN2O2. The van der Waals surface area contributed by atoms with Crippen LogP contribution < -0.4 is 10.6 Å². The molecule has 0 saturated carbocycles. The van der Waals surface area contributed by atoms with Crippen LogP contribution in [0.1, 0.15) is 31.7 Å². The number of alkyl halides is 1. The summed E-state index contributed by atoms with van der Waals surface area (Å²) >= 11 is 3.32. The first-order chi connectivity index (χ1) is 9.52. The largest absolute Gasteiger partial charge is 0.355 e. The summed E-state index contributed by atoms with van der Waals surface area (Å²) in [5.41, 5.74) is 1.92. The van der Waals surface area contributed by atoms with Crippen molar-refractivity contribution in [3.8, 4) is 0 Å². The first kappa shape index (κ1) is 16.7. The van der Waals surface area contributed by atoms with Crippen molar-refractivity contribution in [2.45, 2.75) is 37.9 Å². The van der Waals surface area contributed by atoms with Crippen molar-refractivity contribution < 1.29 is 9.59 Å². The molecule has 2 amide bonds. The van der Waals surface area contributed by atoms with E-state index in [2.05, 4.69) is 26.6 Å². The van der Waals surface area contributed by atoms with E-state index in [1.165, 1.54) is 0 Å². The molecule has 0 fully saturated rings. The Morgan fingerprint density at radius 1 is 1.25 bits per heavy atom. The third-order valence-corrected chi connectivity index (χ3v) is 3.69. The molecule has 0 aliphatic rings. The van der Waals surface area contributed by atoms with E-state index in [1.807, 2.05) is 38.1 Å².